The van der Waals surface area contributed by atoms with Crippen LogP contribution in [0.4, 0.5) is 0 Å². The molecule has 0 spiro atoms. The van der Waals surface area contributed by atoms with E-state index in [1.807, 2.05) is 12.1 Å². The smallest absolute Gasteiger partial charge is 0.0761 e. The van der Waals surface area contributed by atoms with E-state index in [0.717, 1.165) is 5.70 Å². The van der Waals surface area contributed by atoms with E-state index < -0.39 is 0 Å². The van der Waals surface area contributed by atoms with Crippen LogP contribution in [0.15, 0.2) is 30.0 Å². The van der Waals surface area contributed by atoms with Gasteiger partial charge < -0.3 is 5.32 Å². The molecular weight excluding hydrogens is 208 g/mol. The van der Waals surface area contributed by atoms with Crippen molar-refractivity contribution in [1.29, 1.82) is 0 Å². The van der Waals surface area contributed by atoms with Gasteiger partial charge in [-0.3, -0.25) is 5.32 Å². The van der Waals surface area contributed by atoms with Gasteiger partial charge in [-0.1, -0.05) is 36.1 Å². The molecule has 0 heterocycles. The summed E-state index contributed by atoms with van der Waals surface area (Å²) in [5.41, 5.74) is 3.53. The largest absolute Gasteiger partial charge is 0.376 e. The first-order valence-corrected chi connectivity index (χ1v) is 5.51. The van der Waals surface area contributed by atoms with Gasteiger partial charge >= 0.3 is 0 Å². The number of hydrogen-bond acceptors (Lipinski definition) is 2. The Labute approximate surface area is 102 Å². The Balaban J connectivity index is 2.22. The predicted octanol–water partition coefficient (Wildman–Crippen LogP) is 1.53. The summed E-state index contributed by atoms with van der Waals surface area (Å²) in [5, 5.41) is 6.54. The predicted molar refractivity (Wildman–Crippen MR) is 70.8 cm³/mol. The zero-order chi connectivity index (χ0) is 12.1. The molecule has 0 amide bonds. The zero-order valence-electron chi connectivity index (χ0n) is 9.53. The van der Waals surface area contributed by atoms with Gasteiger partial charge in [-0.2, -0.15) is 0 Å². The lowest BCUT2D eigenvalue weighted by Crippen LogP contribution is -2.28. The minimum atomic E-state index is 0.121. The van der Waals surface area contributed by atoms with Crippen molar-refractivity contribution >= 4 is 6.08 Å². The summed E-state index contributed by atoms with van der Waals surface area (Å²) in [5.74, 6) is 5.17. The highest BCUT2D eigenvalue weighted by Crippen LogP contribution is 2.32. The van der Waals surface area contributed by atoms with E-state index >= 15 is 0 Å². The second-order valence-corrected chi connectivity index (χ2v) is 3.80. The van der Waals surface area contributed by atoms with Crippen LogP contribution in [-0.4, -0.2) is 13.1 Å². The lowest BCUT2D eigenvalue weighted by Gasteiger charge is -2.17. The summed E-state index contributed by atoms with van der Waals surface area (Å²) in [7, 11) is 0. The molecule has 0 aromatic heterocycles. The van der Waals surface area contributed by atoms with E-state index in [9.17, 15) is 0 Å². The lowest BCUT2D eigenvalue weighted by atomic mass is 10.1. The topological polar surface area (TPSA) is 24.1 Å². The fraction of sp³-hybridized carbons (Fsp3) is 0.200. The van der Waals surface area contributed by atoms with Crippen molar-refractivity contribution in [3.63, 3.8) is 0 Å². The van der Waals surface area contributed by atoms with E-state index in [1.165, 1.54) is 11.1 Å². The van der Waals surface area contributed by atoms with Gasteiger partial charge in [0.25, 0.3) is 0 Å². The number of fused-ring (bicyclic) bond motifs is 1. The molecule has 0 radical (unpaired) electrons. The summed E-state index contributed by atoms with van der Waals surface area (Å²) in [4.78, 5) is 0. The number of terminal acetylenes is 2. The summed E-state index contributed by atoms with van der Waals surface area (Å²) in [6, 6.07) is 8.37. The highest BCUT2D eigenvalue weighted by molar-refractivity contribution is 5.65. The van der Waals surface area contributed by atoms with Crippen LogP contribution in [0.25, 0.3) is 6.08 Å². The van der Waals surface area contributed by atoms with Crippen LogP contribution in [0.3, 0.4) is 0 Å². The minimum absolute atomic E-state index is 0.121. The van der Waals surface area contributed by atoms with E-state index in [0.29, 0.717) is 13.1 Å². The second-order valence-electron chi connectivity index (χ2n) is 3.80. The molecule has 2 heteroatoms. The maximum absolute atomic E-state index is 5.29. The van der Waals surface area contributed by atoms with Gasteiger partial charge in [0.15, 0.2) is 0 Å². The molecule has 2 N–H and O–H groups in total. The van der Waals surface area contributed by atoms with E-state index in [2.05, 4.69) is 40.7 Å². The van der Waals surface area contributed by atoms with Crippen molar-refractivity contribution in [2.45, 2.75) is 6.04 Å². The summed E-state index contributed by atoms with van der Waals surface area (Å²) in [6.07, 6.45) is 12.7. The van der Waals surface area contributed by atoms with Crippen LogP contribution >= 0.6 is 0 Å². The third-order valence-corrected chi connectivity index (χ3v) is 2.73. The number of rotatable bonds is 4. The summed E-state index contributed by atoms with van der Waals surface area (Å²) >= 11 is 0. The maximum Gasteiger partial charge on any atom is 0.0761 e. The van der Waals surface area contributed by atoms with Crippen molar-refractivity contribution in [2.75, 3.05) is 13.1 Å². The molecule has 0 bridgehead atoms. The first kappa shape index (κ1) is 11.3. The van der Waals surface area contributed by atoms with Gasteiger partial charge in [-0.15, -0.1) is 12.8 Å². The van der Waals surface area contributed by atoms with Gasteiger partial charge in [-0.25, -0.2) is 0 Å². The van der Waals surface area contributed by atoms with Crippen LogP contribution in [0.2, 0.25) is 0 Å². The molecule has 1 unspecified atom stereocenters. The van der Waals surface area contributed by atoms with Crippen LogP contribution in [0.5, 0.6) is 0 Å². The first-order valence-electron chi connectivity index (χ1n) is 5.51. The van der Waals surface area contributed by atoms with Crippen molar-refractivity contribution in [2.24, 2.45) is 0 Å². The van der Waals surface area contributed by atoms with E-state index in [-0.39, 0.29) is 6.04 Å². The molecule has 1 atom stereocenters. The Kier molecular flexibility index (Phi) is 3.50. The van der Waals surface area contributed by atoms with Crippen LogP contribution < -0.4 is 10.6 Å². The molecule has 2 rings (SSSR count). The molecule has 17 heavy (non-hydrogen) atoms. The van der Waals surface area contributed by atoms with E-state index in [4.69, 9.17) is 12.8 Å². The molecule has 1 aromatic carbocycles. The van der Waals surface area contributed by atoms with Crippen molar-refractivity contribution in [1.82, 2.24) is 10.6 Å². The average molecular weight is 222 g/mol. The van der Waals surface area contributed by atoms with Gasteiger partial charge in [0, 0.05) is 5.70 Å². The zero-order valence-corrected chi connectivity index (χ0v) is 9.53. The normalized spacial score (nSPS) is 16.6. The lowest BCUT2D eigenvalue weighted by molar-refractivity contribution is 0.619. The second kappa shape index (κ2) is 5.25. The maximum atomic E-state index is 5.29. The third-order valence-electron chi connectivity index (χ3n) is 2.73. The average Bonchev–Trinajstić information content (AvgIpc) is 2.71. The first-order chi connectivity index (χ1) is 8.36. The van der Waals surface area contributed by atoms with Crippen LogP contribution in [0, 0.1) is 24.7 Å². The fourth-order valence-corrected chi connectivity index (χ4v) is 2.01. The van der Waals surface area contributed by atoms with Crippen LogP contribution in [0.1, 0.15) is 17.2 Å². The fourth-order valence-electron chi connectivity index (χ4n) is 2.01. The quantitative estimate of drug-likeness (QED) is 0.755. The van der Waals surface area contributed by atoms with Gasteiger partial charge in [0.05, 0.1) is 19.1 Å². The number of benzene rings is 1. The molecule has 1 aliphatic rings. The molecule has 0 saturated carbocycles. The molecule has 2 nitrogen and oxygen atoms in total. The molecule has 84 valence electrons. The molecular formula is C15H14N2. The Hall–Kier alpha value is -2.16. The van der Waals surface area contributed by atoms with Gasteiger partial charge in [0.1, 0.15) is 0 Å². The third kappa shape index (κ3) is 2.33. The van der Waals surface area contributed by atoms with Crippen LogP contribution in [-0.2, 0) is 0 Å². The van der Waals surface area contributed by atoms with Crippen molar-refractivity contribution < 1.29 is 0 Å². The highest BCUT2D eigenvalue weighted by atomic mass is 15.0. The monoisotopic (exact) mass is 222 g/mol. The Bertz CT molecular complexity index is 514. The number of nitrogens with one attached hydrogen (secondary N) is 2. The Morgan fingerprint density at radius 3 is 2.65 bits per heavy atom. The Morgan fingerprint density at radius 1 is 1.12 bits per heavy atom. The summed E-state index contributed by atoms with van der Waals surface area (Å²) < 4.78 is 0. The van der Waals surface area contributed by atoms with Gasteiger partial charge in [0.2, 0.25) is 0 Å². The van der Waals surface area contributed by atoms with Crippen molar-refractivity contribution in [3.05, 3.63) is 41.1 Å². The molecule has 0 aliphatic heterocycles. The molecule has 0 fully saturated rings. The van der Waals surface area contributed by atoms with E-state index in [1.54, 1.807) is 0 Å². The standard InChI is InChI=1S/C15H14N2/c1-3-9-16-14-11-12-7-5-6-8-13(12)15(14)17-10-4-2/h1-2,5-8,11,15-17H,9-10H2. The van der Waals surface area contributed by atoms with Crippen molar-refractivity contribution in [3.8, 4) is 24.7 Å². The molecule has 0 saturated heterocycles. The summed E-state index contributed by atoms with van der Waals surface area (Å²) in [6.45, 7) is 1.06. The molecule has 1 aliphatic carbocycles. The minimum Gasteiger partial charge on any atom is -0.376 e. The molecule has 1 aromatic rings. The highest BCUT2D eigenvalue weighted by Gasteiger charge is 2.23. The SMILES string of the molecule is C#CCNC1=Cc2ccccc2C1NCC#C. The number of hydrogen-bond donors (Lipinski definition) is 2. The van der Waals surface area contributed by atoms with Gasteiger partial charge in [-0.05, 0) is 17.2 Å². The Morgan fingerprint density at radius 2 is 1.88 bits per heavy atom.